The van der Waals surface area contributed by atoms with Crippen molar-refractivity contribution in [2.75, 3.05) is 13.1 Å². The van der Waals surface area contributed by atoms with Gasteiger partial charge in [-0.2, -0.15) is 0 Å². The number of benzene rings is 1. The van der Waals surface area contributed by atoms with E-state index in [2.05, 4.69) is 22.8 Å². The molecular formula is C18H22N2O2S. The zero-order valence-corrected chi connectivity index (χ0v) is 13.9. The molecule has 0 fully saturated rings. The zero-order chi connectivity index (χ0) is 16.3. The number of rotatable bonds is 9. The molecule has 2 rings (SSSR count). The van der Waals surface area contributed by atoms with Gasteiger partial charge in [-0.15, -0.1) is 11.3 Å². The predicted octanol–water partition coefficient (Wildman–Crippen LogP) is 3.01. The van der Waals surface area contributed by atoms with Crippen LogP contribution in [0.1, 0.15) is 34.5 Å². The molecule has 4 nitrogen and oxygen atoms in total. The summed E-state index contributed by atoms with van der Waals surface area (Å²) in [6.45, 7) is 1.16. The Morgan fingerprint density at radius 1 is 0.913 bits per heavy atom. The Morgan fingerprint density at radius 3 is 2.43 bits per heavy atom. The molecule has 1 aromatic heterocycles. The SMILES string of the molecule is O=C(CCCc1ccccc1)NCCCNC(=O)c1cccs1. The van der Waals surface area contributed by atoms with Crippen LogP contribution < -0.4 is 10.6 Å². The maximum atomic E-state index is 11.7. The number of hydrogen-bond donors (Lipinski definition) is 2. The summed E-state index contributed by atoms with van der Waals surface area (Å²) in [4.78, 5) is 24.1. The third kappa shape index (κ3) is 6.65. The van der Waals surface area contributed by atoms with Crippen LogP contribution in [0.25, 0.3) is 0 Å². The standard InChI is InChI=1S/C18H22N2O2S/c21-17(11-4-9-15-7-2-1-3-8-15)19-12-6-13-20-18(22)16-10-5-14-23-16/h1-3,5,7-8,10,14H,4,6,9,11-13H2,(H,19,21)(H,20,22). The molecule has 0 atom stereocenters. The fraction of sp³-hybridized carbons (Fsp3) is 0.333. The summed E-state index contributed by atoms with van der Waals surface area (Å²) in [5.74, 6) is 0.0275. The molecule has 0 bridgehead atoms. The lowest BCUT2D eigenvalue weighted by Crippen LogP contribution is -2.29. The largest absolute Gasteiger partial charge is 0.356 e. The number of carbonyl (C=O) groups excluding carboxylic acids is 2. The van der Waals surface area contributed by atoms with Crippen molar-refractivity contribution in [1.82, 2.24) is 10.6 Å². The van der Waals surface area contributed by atoms with Gasteiger partial charge in [0.2, 0.25) is 5.91 Å². The van der Waals surface area contributed by atoms with Crippen LogP contribution in [0.4, 0.5) is 0 Å². The van der Waals surface area contributed by atoms with Crippen LogP contribution in [0, 0.1) is 0 Å². The summed E-state index contributed by atoms with van der Waals surface area (Å²) in [7, 11) is 0. The summed E-state index contributed by atoms with van der Waals surface area (Å²) < 4.78 is 0. The summed E-state index contributed by atoms with van der Waals surface area (Å²) in [5.41, 5.74) is 1.26. The first-order chi connectivity index (χ1) is 11.3. The molecule has 0 radical (unpaired) electrons. The van der Waals surface area contributed by atoms with E-state index in [1.165, 1.54) is 16.9 Å². The van der Waals surface area contributed by atoms with E-state index >= 15 is 0 Å². The van der Waals surface area contributed by atoms with Gasteiger partial charge < -0.3 is 10.6 Å². The van der Waals surface area contributed by atoms with Gasteiger partial charge >= 0.3 is 0 Å². The molecule has 0 aliphatic carbocycles. The van der Waals surface area contributed by atoms with Gasteiger partial charge in [0, 0.05) is 19.5 Å². The van der Waals surface area contributed by atoms with Crippen molar-refractivity contribution in [2.45, 2.75) is 25.7 Å². The molecule has 0 spiro atoms. The zero-order valence-electron chi connectivity index (χ0n) is 13.1. The fourth-order valence-electron chi connectivity index (χ4n) is 2.20. The fourth-order valence-corrected chi connectivity index (χ4v) is 2.84. The Kier molecular flexibility index (Phi) is 7.33. The Balaban J connectivity index is 1.49. The second-order valence-electron chi connectivity index (χ2n) is 5.28. The number of thiophene rings is 1. The van der Waals surface area contributed by atoms with Crippen molar-refractivity contribution in [3.05, 3.63) is 58.3 Å². The molecule has 0 aliphatic heterocycles. The van der Waals surface area contributed by atoms with Crippen LogP contribution in [0.2, 0.25) is 0 Å². The lowest BCUT2D eigenvalue weighted by molar-refractivity contribution is -0.121. The number of amides is 2. The highest BCUT2D eigenvalue weighted by Gasteiger charge is 2.05. The number of aryl methyl sites for hydroxylation is 1. The van der Waals surface area contributed by atoms with Crippen molar-refractivity contribution in [2.24, 2.45) is 0 Å². The molecule has 0 saturated carbocycles. The molecule has 1 heterocycles. The van der Waals surface area contributed by atoms with E-state index in [0.717, 1.165) is 24.1 Å². The van der Waals surface area contributed by atoms with Gasteiger partial charge in [-0.3, -0.25) is 9.59 Å². The van der Waals surface area contributed by atoms with Crippen molar-refractivity contribution in [1.29, 1.82) is 0 Å². The second-order valence-corrected chi connectivity index (χ2v) is 6.22. The molecule has 2 aromatic rings. The molecule has 0 aliphatic rings. The molecule has 5 heteroatoms. The summed E-state index contributed by atoms with van der Waals surface area (Å²) in [6.07, 6.45) is 3.05. The first-order valence-electron chi connectivity index (χ1n) is 7.88. The molecule has 0 unspecified atom stereocenters. The van der Waals surface area contributed by atoms with Gasteiger partial charge in [0.25, 0.3) is 5.91 Å². The maximum absolute atomic E-state index is 11.7. The maximum Gasteiger partial charge on any atom is 0.261 e. The van der Waals surface area contributed by atoms with Crippen LogP contribution in [0.15, 0.2) is 47.8 Å². The number of nitrogens with one attached hydrogen (secondary N) is 2. The second kappa shape index (κ2) is 9.79. The number of carbonyl (C=O) groups is 2. The normalized spacial score (nSPS) is 10.3. The van der Waals surface area contributed by atoms with Crippen LogP contribution in [-0.4, -0.2) is 24.9 Å². The van der Waals surface area contributed by atoms with E-state index in [1.807, 2.05) is 29.6 Å². The molecule has 122 valence electrons. The topological polar surface area (TPSA) is 58.2 Å². The smallest absolute Gasteiger partial charge is 0.261 e. The molecule has 23 heavy (non-hydrogen) atoms. The highest BCUT2D eigenvalue weighted by atomic mass is 32.1. The third-order valence-corrected chi connectivity index (χ3v) is 4.29. The van der Waals surface area contributed by atoms with Crippen LogP contribution >= 0.6 is 11.3 Å². The lowest BCUT2D eigenvalue weighted by Gasteiger charge is -2.06. The summed E-state index contributed by atoms with van der Waals surface area (Å²) in [5, 5.41) is 7.61. The monoisotopic (exact) mass is 330 g/mol. The Morgan fingerprint density at radius 2 is 1.70 bits per heavy atom. The quantitative estimate of drug-likeness (QED) is 0.694. The highest BCUT2D eigenvalue weighted by Crippen LogP contribution is 2.07. The van der Waals surface area contributed by atoms with E-state index in [0.29, 0.717) is 19.5 Å². The third-order valence-electron chi connectivity index (χ3n) is 3.42. The minimum Gasteiger partial charge on any atom is -0.356 e. The van der Waals surface area contributed by atoms with E-state index in [-0.39, 0.29) is 11.8 Å². The van der Waals surface area contributed by atoms with Crippen molar-refractivity contribution >= 4 is 23.2 Å². The Labute approximate surface area is 140 Å². The Bertz CT molecular complexity index is 597. The minimum absolute atomic E-state index is 0.0470. The minimum atomic E-state index is -0.0470. The van der Waals surface area contributed by atoms with E-state index in [9.17, 15) is 9.59 Å². The highest BCUT2D eigenvalue weighted by molar-refractivity contribution is 7.12. The van der Waals surface area contributed by atoms with Crippen molar-refractivity contribution < 1.29 is 9.59 Å². The Hall–Kier alpha value is -2.14. The van der Waals surface area contributed by atoms with Crippen molar-refractivity contribution in [3.8, 4) is 0 Å². The first-order valence-corrected chi connectivity index (χ1v) is 8.76. The lowest BCUT2D eigenvalue weighted by atomic mass is 10.1. The molecule has 2 N–H and O–H groups in total. The van der Waals surface area contributed by atoms with Gasteiger partial charge in [-0.25, -0.2) is 0 Å². The van der Waals surface area contributed by atoms with E-state index in [1.54, 1.807) is 6.07 Å². The van der Waals surface area contributed by atoms with Gasteiger partial charge in [0.05, 0.1) is 4.88 Å². The molecule has 2 amide bonds. The average molecular weight is 330 g/mol. The van der Waals surface area contributed by atoms with Gasteiger partial charge in [-0.1, -0.05) is 36.4 Å². The number of hydrogen-bond acceptors (Lipinski definition) is 3. The van der Waals surface area contributed by atoms with Gasteiger partial charge in [0.1, 0.15) is 0 Å². The molecule has 0 saturated heterocycles. The van der Waals surface area contributed by atoms with Gasteiger partial charge in [-0.05, 0) is 36.3 Å². The van der Waals surface area contributed by atoms with Crippen LogP contribution in [-0.2, 0) is 11.2 Å². The van der Waals surface area contributed by atoms with Crippen LogP contribution in [0.3, 0.4) is 0 Å². The molecule has 1 aromatic carbocycles. The van der Waals surface area contributed by atoms with E-state index < -0.39 is 0 Å². The molecular weight excluding hydrogens is 308 g/mol. The first kappa shape index (κ1) is 17.2. The summed E-state index contributed by atoms with van der Waals surface area (Å²) in [6, 6.07) is 13.8. The summed E-state index contributed by atoms with van der Waals surface area (Å²) >= 11 is 1.43. The van der Waals surface area contributed by atoms with Gasteiger partial charge in [0.15, 0.2) is 0 Å². The van der Waals surface area contributed by atoms with Crippen LogP contribution in [0.5, 0.6) is 0 Å². The predicted molar refractivity (Wildman–Crippen MR) is 93.7 cm³/mol. The van der Waals surface area contributed by atoms with E-state index in [4.69, 9.17) is 0 Å². The van der Waals surface area contributed by atoms with Crippen molar-refractivity contribution in [3.63, 3.8) is 0 Å². The average Bonchev–Trinajstić information content (AvgIpc) is 3.10.